The second kappa shape index (κ2) is 12.4. The number of hydrogen-bond acceptors (Lipinski definition) is 10. The number of ether oxygens (including phenoxy) is 4. The molecule has 1 N–H and O–H groups in total. The molecule has 0 aliphatic rings. The SMILES string of the molecule is COc1cccc(Oc2cnc(C)nc2OCC(NS(=O)(=O)c2ccc(C(C)(C)C)cc2C(C)=O)OC(C)=O)c1. The van der Waals surface area contributed by atoms with E-state index < -0.39 is 34.6 Å². The van der Waals surface area contributed by atoms with Crippen molar-refractivity contribution in [1.29, 1.82) is 0 Å². The highest BCUT2D eigenvalue weighted by molar-refractivity contribution is 7.89. The molecule has 3 rings (SSSR count). The molecule has 0 bridgehead atoms. The fourth-order valence-electron chi connectivity index (χ4n) is 3.59. The fraction of sp³-hybridized carbons (Fsp3) is 0.357. The minimum atomic E-state index is -4.33. The summed E-state index contributed by atoms with van der Waals surface area (Å²) in [7, 11) is -2.80. The molecule has 0 fully saturated rings. The van der Waals surface area contributed by atoms with Crippen LogP contribution in [-0.4, -0.2) is 50.1 Å². The van der Waals surface area contributed by atoms with E-state index in [2.05, 4.69) is 14.7 Å². The number of Topliss-reactive ketones (excluding diaryl/α,β-unsaturated/α-hetero) is 1. The van der Waals surface area contributed by atoms with Gasteiger partial charge in [0, 0.05) is 18.6 Å². The fourth-order valence-corrected chi connectivity index (χ4v) is 4.92. The van der Waals surface area contributed by atoms with Crippen molar-refractivity contribution >= 4 is 21.8 Å². The lowest BCUT2D eigenvalue weighted by molar-refractivity contribution is -0.148. The van der Waals surface area contributed by atoms with Gasteiger partial charge in [0.2, 0.25) is 15.8 Å². The number of aromatic nitrogens is 2. The number of methoxy groups -OCH3 is 1. The van der Waals surface area contributed by atoms with Gasteiger partial charge in [0.05, 0.1) is 18.2 Å². The van der Waals surface area contributed by atoms with Crippen LogP contribution in [0.5, 0.6) is 23.1 Å². The van der Waals surface area contributed by atoms with Crippen LogP contribution in [-0.2, 0) is 25.0 Å². The van der Waals surface area contributed by atoms with Gasteiger partial charge in [-0.15, -0.1) is 0 Å². The van der Waals surface area contributed by atoms with Crippen LogP contribution >= 0.6 is 0 Å². The summed E-state index contributed by atoms with van der Waals surface area (Å²) in [6, 6.07) is 11.4. The minimum absolute atomic E-state index is 0.00868. The molecule has 1 atom stereocenters. The molecule has 1 aromatic heterocycles. The van der Waals surface area contributed by atoms with E-state index in [9.17, 15) is 18.0 Å². The molecule has 0 amide bonds. The zero-order valence-corrected chi connectivity index (χ0v) is 24.3. The Hall–Kier alpha value is -4.03. The quantitative estimate of drug-likeness (QED) is 0.201. The number of esters is 1. The van der Waals surface area contributed by atoms with Crippen molar-refractivity contribution < 1.29 is 37.0 Å². The van der Waals surface area contributed by atoms with Crippen LogP contribution in [0.3, 0.4) is 0 Å². The van der Waals surface area contributed by atoms with Gasteiger partial charge in [-0.2, -0.15) is 9.71 Å². The summed E-state index contributed by atoms with van der Waals surface area (Å²) in [4.78, 5) is 32.3. The Bertz CT molecular complexity index is 1500. The van der Waals surface area contributed by atoms with Gasteiger partial charge in [-0.1, -0.05) is 32.9 Å². The molecule has 40 heavy (non-hydrogen) atoms. The number of hydrogen-bond donors (Lipinski definition) is 1. The number of rotatable bonds is 11. The predicted octanol–water partition coefficient (Wildman–Crippen LogP) is 4.33. The minimum Gasteiger partial charge on any atom is -0.497 e. The van der Waals surface area contributed by atoms with Crippen molar-refractivity contribution in [2.24, 2.45) is 0 Å². The molecule has 0 saturated carbocycles. The highest BCUT2D eigenvalue weighted by atomic mass is 32.2. The summed E-state index contributed by atoms with van der Waals surface area (Å²) in [6.07, 6.45) is -0.0533. The van der Waals surface area contributed by atoms with Gasteiger partial charge >= 0.3 is 5.97 Å². The normalized spacial score (nSPS) is 12.4. The van der Waals surface area contributed by atoms with Crippen molar-refractivity contribution in [3.05, 3.63) is 65.6 Å². The maximum atomic E-state index is 13.4. The lowest BCUT2D eigenvalue weighted by Crippen LogP contribution is -2.42. The molecular weight excluding hydrogens is 538 g/mol. The summed E-state index contributed by atoms with van der Waals surface area (Å²) >= 11 is 0. The molecule has 11 nitrogen and oxygen atoms in total. The van der Waals surface area contributed by atoms with E-state index in [1.54, 1.807) is 43.3 Å². The van der Waals surface area contributed by atoms with E-state index in [1.165, 1.54) is 26.3 Å². The molecule has 214 valence electrons. The summed E-state index contributed by atoms with van der Waals surface area (Å²) in [6.45, 7) is 9.45. The topological polar surface area (TPSA) is 143 Å². The first-order chi connectivity index (χ1) is 18.7. The number of carbonyl (C=O) groups excluding carboxylic acids is 2. The largest absolute Gasteiger partial charge is 0.497 e. The van der Waals surface area contributed by atoms with Gasteiger partial charge in [-0.05, 0) is 49.1 Å². The lowest BCUT2D eigenvalue weighted by Gasteiger charge is -2.22. The Kier molecular flexibility index (Phi) is 9.48. The van der Waals surface area contributed by atoms with Gasteiger partial charge in [-0.25, -0.2) is 13.4 Å². The monoisotopic (exact) mass is 571 g/mol. The third-order valence-corrected chi connectivity index (χ3v) is 7.10. The number of carbonyl (C=O) groups is 2. The number of aryl methyl sites for hydroxylation is 1. The Labute approximate surface area is 233 Å². The van der Waals surface area contributed by atoms with E-state index in [-0.39, 0.29) is 27.5 Å². The highest BCUT2D eigenvalue weighted by Crippen LogP contribution is 2.31. The summed E-state index contributed by atoms with van der Waals surface area (Å²) in [5, 5.41) is 0. The van der Waals surface area contributed by atoms with Gasteiger partial charge in [0.25, 0.3) is 5.88 Å². The molecule has 0 spiro atoms. The number of benzene rings is 2. The molecule has 2 aromatic carbocycles. The van der Waals surface area contributed by atoms with Crippen LogP contribution in [0, 0.1) is 6.92 Å². The van der Waals surface area contributed by atoms with E-state index in [0.29, 0.717) is 17.3 Å². The predicted molar refractivity (Wildman–Crippen MR) is 146 cm³/mol. The third-order valence-electron chi connectivity index (χ3n) is 5.59. The second-order valence-electron chi connectivity index (χ2n) is 9.92. The van der Waals surface area contributed by atoms with Crippen molar-refractivity contribution in [3.8, 4) is 23.1 Å². The Morgan fingerprint density at radius 1 is 1.05 bits per heavy atom. The van der Waals surface area contributed by atoms with Crippen LogP contribution in [0.25, 0.3) is 0 Å². The van der Waals surface area contributed by atoms with Gasteiger partial charge in [0.1, 0.15) is 23.9 Å². The average molecular weight is 572 g/mol. The van der Waals surface area contributed by atoms with E-state index in [0.717, 1.165) is 12.5 Å². The summed E-state index contributed by atoms with van der Waals surface area (Å²) in [5.41, 5.74) is 0.496. The smallest absolute Gasteiger partial charge is 0.304 e. The number of nitrogens with one attached hydrogen (secondary N) is 1. The van der Waals surface area contributed by atoms with Crippen LogP contribution in [0.2, 0.25) is 0 Å². The van der Waals surface area contributed by atoms with E-state index in [4.69, 9.17) is 18.9 Å². The standard InChI is InChI=1S/C28H33N3O8S/c1-17(32)23-13-20(28(4,5)6)11-12-25(23)40(34,35)31-26(38-19(3)33)16-37-27-24(15-29-18(2)30-27)39-22-10-8-9-21(14-22)36-7/h8-15,26,31H,16H2,1-7H3. The van der Waals surface area contributed by atoms with Crippen LogP contribution in [0.15, 0.2) is 53.6 Å². The van der Waals surface area contributed by atoms with Crippen molar-refractivity contribution in [3.63, 3.8) is 0 Å². The van der Waals surface area contributed by atoms with Gasteiger partial charge in [0.15, 0.2) is 12.0 Å². The van der Waals surface area contributed by atoms with E-state index in [1.807, 2.05) is 20.8 Å². The molecule has 0 radical (unpaired) electrons. The first-order valence-electron chi connectivity index (χ1n) is 12.3. The number of sulfonamides is 1. The van der Waals surface area contributed by atoms with Crippen molar-refractivity contribution in [2.45, 2.75) is 58.1 Å². The van der Waals surface area contributed by atoms with Crippen LogP contribution < -0.4 is 18.9 Å². The van der Waals surface area contributed by atoms with Crippen molar-refractivity contribution in [2.75, 3.05) is 13.7 Å². The number of nitrogens with zero attached hydrogens (tertiary/aromatic N) is 2. The Morgan fingerprint density at radius 3 is 2.38 bits per heavy atom. The zero-order valence-electron chi connectivity index (χ0n) is 23.5. The molecular formula is C28H33N3O8S. The molecule has 12 heteroatoms. The van der Waals surface area contributed by atoms with Gasteiger partial charge < -0.3 is 18.9 Å². The molecule has 0 aliphatic carbocycles. The summed E-state index contributed by atoms with van der Waals surface area (Å²) in [5.74, 6) is 0.302. The number of ketones is 1. The van der Waals surface area contributed by atoms with Crippen molar-refractivity contribution in [1.82, 2.24) is 14.7 Å². The highest BCUT2D eigenvalue weighted by Gasteiger charge is 2.28. The Balaban J connectivity index is 1.88. The van der Waals surface area contributed by atoms with E-state index >= 15 is 0 Å². The van der Waals surface area contributed by atoms with Crippen LogP contribution in [0.4, 0.5) is 0 Å². The lowest BCUT2D eigenvalue weighted by atomic mass is 9.86. The average Bonchev–Trinajstić information content (AvgIpc) is 2.87. The molecule has 3 aromatic rings. The second-order valence-corrected chi connectivity index (χ2v) is 11.6. The molecule has 0 aliphatic heterocycles. The third kappa shape index (κ3) is 7.99. The van der Waals surface area contributed by atoms with Crippen LogP contribution in [0.1, 0.15) is 56.4 Å². The first-order valence-corrected chi connectivity index (χ1v) is 13.8. The summed E-state index contributed by atoms with van der Waals surface area (Å²) < 4.78 is 51.1. The maximum Gasteiger partial charge on any atom is 0.304 e. The first kappa shape index (κ1) is 30.5. The zero-order chi connectivity index (χ0) is 29.7. The Morgan fingerprint density at radius 2 is 1.75 bits per heavy atom. The maximum absolute atomic E-state index is 13.4. The molecule has 1 unspecified atom stereocenters. The molecule has 0 saturated heterocycles. The molecule has 1 heterocycles. The van der Waals surface area contributed by atoms with Gasteiger partial charge in [-0.3, -0.25) is 9.59 Å².